The molecule has 1 aromatic heterocycles. The summed E-state index contributed by atoms with van der Waals surface area (Å²) in [7, 11) is 0. The molecule has 3 rings (SSSR count). The molecule has 0 aliphatic rings. The van der Waals surface area contributed by atoms with Gasteiger partial charge >= 0.3 is 0 Å². The summed E-state index contributed by atoms with van der Waals surface area (Å²) in [5, 5.41) is 9.91. The van der Waals surface area contributed by atoms with Gasteiger partial charge < -0.3 is 0 Å². The first kappa shape index (κ1) is 9.43. The van der Waals surface area contributed by atoms with Crippen LogP contribution in [0.5, 0.6) is 0 Å². The Morgan fingerprint density at radius 3 is 2.62 bits per heavy atom. The van der Waals surface area contributed by atoms with Crippen molar-refractivity contribution in [1.29, 1.82) is 0 Å². The fraction of sp³-hybridized carbons (Fsp3) is 0. The minimum Gasteiger partial charge on any atom is -0.276 e. The Balaban J connectivity index is 2.36. The quantitative estimate of drug-likeness (QED) is 0.673. The number of rotatable bonds is 1. The monoisotopic (exact) mass is 228 g/mol. The molecule has 0 saturated heterocycles. The first-order valence-electron chi connectivity index (χ1n) is 5.03. The van der Waals surface area contributed by atoms with Crippen molar-refractivity contribution in [3.63, 3.8) is 0 Å². The largest absolute Gasteiger partial charge is 0.276 e. The van der Waals surface area contributed by atoms with Crippen LogP contribution in [-0.4, -0.2) is 10.2 Å². The van der Waals surface area contributed by atoms with Crippen LogP contribution in [-0.2, 0) is 0 Å². The normalized spacial score (nSPS) is 10.8. The van der Waals surface area contributed by atoms with Crippen LogP contribution < -0.4 is 0 Å². The van der Waals surface area contributed by atoms with Gasteiger partial charge in [-0.15, -0.1) is 0 Å². The SMILES string of the molecule is Clc1cn[nH]c1-c1cccc2ccccc12. The molecule has 2 aromatic carbocycles. The first-order chi connectivity index (χ1) is 7.86. The van der Waals surface area contributed by atoms with E-state index >= 15 is 0 Å². The zero-order valence-electron chi connectivity index (χ0n) is 8.44. The van der Waals surface area contributed by atoms with Crippen LogP contribution in [0.3, 0.4) is 0 Å². The average molecular weight is 229 g/mol. The van der Waals surface area contributed by atoms with Crippen molar-refractivity contribution < 1.29 is 0 Å². The van der Waals surface area contributed by atoms with E-state index < -0.39 is 0 Å². The van der Waals surface area contributed by atoms with Crippen molar-refractivity contribution in [2.75, 3.05) is 0 Å². The molecule has 3 heteroatoms. The molecule has 0 aliphatic heterocycles. The van der Waals surface area contributed by atoms with Gasteiger partial charge in [0.25, 0.3) is 0 Å². The lowest BCUT2D eigenvalue weighted by Crippen LogP contribution is -1.82. The van der Waals surface area contributed by atoms with Gasteiger partial charge in [-0.1, -0.05) is 54.1 Å². The zero-order chi connectivity index (χ0) is 11.0. The van der Waals surface area contributed by atoms with Crippen LogP contribution in [0.15, 0.2) is 48.7 Å². The van der Waals surface area contributed by atoms with E-state index in [0.29, 0.717) is 5.02 Å². The Morgan fingerprint density at radius 2 is 1.81 bits per heavy atom. The van der Waals surface area contributed by atoms with Gasteiger partial charge in [-0.25, -0.2) is 0 Å². The molecule has 0 spiro atoms. The Hall–Kier alpha value is -1.80. The number of H-pyrrole nitrogens is 1. The van der Waals surface area contributed by atoms with E-state index in [0.717, 1.165) is 11.3 Å². The average Bonchev–Trinajstić information content (AvgIpc) is 2.75. The predicted molar refractivity (Wildman–Crippen MR) is 66.5 cm³/mol. The van der Waals surface area contributed by atoms with E-state index in [-0.39, 0.29) is 0 Å². The van der Waals surface area contributed by atoms with Crippen LogP contribution >= 0.6 is 11.6 Å². The number of hydrogen-bond donors (Lipinski definition) is 1. The van der Waals surface area contributed by atoms with Crippen molar-refractivity contribution in [3.05, 3.63) is 53.7 Å². The Morgan fingerprint density at radius 1 is 1.00 bits per heavy atom. The van der Waals surface area contributed by atoms with Gasteiger partial charge in [0.1, 0.15) is 0 Å². The summed E-state index contributed by atoms with van der Waals surface area (Å²) < 4.78 is 0. The molecule has 0 unspecified atom stereocenters. The molecule has 2 nitrogen and oxygen atoms in total. The summed E-state index contributed by atoms with van der Waals surface area (Å²) in [6, 6.07) is 14.4. The Bertz CT molecular complexity index is 638. The molecule has 0 aliphatic carbocycles. The third kappa shape index (κ3) is 1.39. The van der Waals surface area contributed by atoms with E-state index in [1.165, 1.54) is 10.8 Å². The number of benzene rings is 2. The fourth-order valence-corrected chi connectivity index (χ4v) is 2.10. The maximum atomic E-state index is 6.08. The van der Waals surface area contributed by atoms with Crippen molar-refractivity contribution in [1.82, 2.24) is 10.2 Å². The molecule has 1 N–H and O–H groups in total. The first-order valence-corrected chi connectivity index (χ1v) is 5.41. The molecule has 0 atom stereocenters. The molecule has 0 bridgehead atoms. The highest BCUT2D eigenvalue weighted by molar-refractivity contribution is 6.33. The highest BCUT2D eigenvalue weighted by Crippen LogP contribution is 2.31. The van der Waals surface area contributed by atoms with Crippen molar-refractivity contribution in [2.24, 2.45) is 0 Å². The third-order valence-electron chi connectivity index (χ3n) is 2.65. The molecule has 0 amide bonds. The number of aromatic amines is 1. The van der Waals surface area contributed by atoms with Gasteiger partial charge in [0.15, 0.2) is 0 Å². The highest BCUT2D eigenvalue weighted by Gasteiger charge is 2.08. The fourth-order valence-electron chi connectivity index (χ4n) is 1.90. The van der Waals surface area contributed by atoms with E-state index in [1.807, 2.05) is 24.3 Å². The smallest absolute Gasteiger partial charge is 0.0863 e. The maximum absolute atomic E-state index is 6.08. The summed E-state index contributed by atoms with van der Waals surface area (Å²) >= 11 is 6.08. The number of nitrogens with zero attached hydrogens (tertiary/aromatic N) is 1. The summed E-state index contributed by atoms with van der Waals surface area (Å²) in [6.07, 6.45) is 1.62. The van der Waals surface area contributed by atoms with Crippen LogP contribution in [0.2, 0.25) is 5.02 Å². The maximum Gasteiger partial charge on any atom is 0.0863 e. The van der Waals surface area contributed by atoms with Crippen LogP contribution in [0.4, 0.5) is 0 Å². The van der Waals surface area contributed by atoms with Gasteiger partial charge in [-0.2, -0.15) is 5.10 Å². The molecule has 78 valence electrons. The van der Waals surface area contributed by atoms with E-state index in [4.69, 9.17) is 11.6 Å². The number of halogens is 1. The Kier molecular flexibility index (Phi) is 2.15. The third-order valence-corrected chi connectivity index (χ3v) is 2.94. The molecule has 0 radical (unpaired) electrons. The van der Waals surface area contributed by atoms with E-state index in [9.17, 15) is 0 Å². The standard InChI is InChI=1S/C13H9ClN2/c14-12-8-15-16-13(12)11-7-3-5-9-4-1-2-6-10(9)11/h1-8H,(H,15,16). The highest BCUT2D eigenvalue weighted by atomic mass is 35.5. The van der Waals surface area contributed by atoms with Crippen molar-refractivity contribution >= 4 is 22.4 Å². The van der Waals surface area contributed by atoms with E-state index in [2.05, 4.69) is 28.4 Å². The Labute approximate surface area is 97.9 Å². The van der Waals surface area contributed by atoms with Crippen LogP contribution in [0, 0.1) is 0 Å². The van der Waals surface area contributed by atoms with Gasteiger partial charge in [0.2, 0.25) is 0 Å². The zero-order valence-corrected chi connectivity index (χ0v) is 9.20. The second-order valence-electron chi connectivity index (χ2n) is 3.62. The summed E-state index contributed by atoms with van der Waals surface area (Å²) in [4.78, 5) is 0. The summed E-state index contributed by atoms with van der Waals surface area (Å²) in [5.74, 6) is 0. The lowest BCUT2D eigenvalue weighted by Gasteiger charge is -2.04. The van der Waals surface area contributed by atoms with Crippen molar-refractivity contribution in [3.8, 4) is 11.3 Å². The topological polar surface area (TPSA) is 28.7 Å². The minimum absolute atomic E-state index is 0.649. The predicted octanol–water partition coefficient (Wildman–Crippen LogP) is 3.88. The van der Waals surface area contributed by atoms with Crippen molar-refractivity contribution in [2.45, 2.75) is 0 Å². The number of nitrogens with one attached hydrogen (secondary N) is 1. The molecular weight excluding hydrogens is 220 g/mol. The molecular formula is C13H9ClN2. The molecule has 3 aromatic rings. The number of aromatic nitrogens is 2. The molecule has 16 heavy (non-hydrogen) atoms. The number of hydrogen-bond acceptors (Lipinski definition) is 1. The molecule has 1 heterocycles. The summed E-state index contributed by atoms with van der Waals surface area (Å²) in [5.41, 5.74) is 1.96. The van der Waals surface area contributed by atoms with Gasteiger partial charge in [0.05, 0.1) is 16.9 Å². The van der Waals surface area contributed by atoms with Crippen LogP contribution in [0.1, 0.15) is 0 Å². The molecule has 0 saturated carbocycles. The lowest BCUT2D eigenvalue weighted by atomic mass is 10.0. The van der Waals surface area contributed by atoms with Gasteiger partial charge in [0, 0.05) is 5.56 Å². The molecule has 0 fully saturated rings. The van der Waals surface area contributed by atoms with Gasteiger partial charge in [-0.05, 0) is 10.8 Å². The second-order valence-corrected chi connectivity index (χ2v) is 4.03. The number of fused-ring (bicyclic) bond motifs is 1. The van der Waals surface area contributed by atoms with E-state index in [1.54, 1.807) is 6.20 Å². The second kappa shape index (κ2) is 3.65. The van der Waals surface area contributed by atoms with Crippen LogP contribution in [0.25, 0.3) is 22.0 Å². The lowest BCUT2D eigenvalue weighted by molar-refractivity contribution is 1.10. The minimum atomic E-state index is 0.649. The van der Waals surface area contributed by atoms with Gasteiger partial charge in [-0.3, -0.25) is 5.10 Å². The summed E-state index contributed by atoms with van der Waals surface area (Å²) in [6.45, 7) is 0.